The summed E-state index contributed by atoms with van der Waals surface area (Å²) in [5.41, 5.74) is 4.07. The van der Waals surface area contributed by atoms with Crippen molar-refractivity contribution in [1.82, 2.24) is 0 Å². The van der Waals surface area contributed by atoms with Gasteiger partial charge in [0.2, 0.25) is 0 Å². The molecule has 0 radical (unpaired) electrons. The summed E-state index contributed by atoms with van der Waals surface area (Å²) in [4.78, 5) is 0. The second kappa shape index (κ2) is 8.31. The van der Waals surface area contributed by atoms with E-state index in [0.717, 1.165) is 6.42 Å². The van der Waals surface area contributed by atoms with E-state index in [9.17, 15) is 0 Å². The SMILES string of the molecule is CC(c1ccccc1)C(C/C=C/c1ccccc1)c1ccccc1. The zero-order valence-corrected chi connectivity index (χ0v) is 14.2. The Morgan fingerprint density at radius 2 is 1.17 bits per heavy atom. The van der Waals surface area contributed by atoms with Crippen LogP contribution >= 0.6 is 0 Å². The Hall–Kier alpha value is -2.60. The number of rotatable bonds is 6. The van der Waals surface area contributed by atoms with Crippen molar-refractivity contribution in [2.24, 2.45) is 0 Å². The molecule has 0 heterocycles. The topological polar surface area (TPSA) is 0 Å². The highest BCUT2D eigenvalue weighted by Crippen LogP contribution is 2.35. The van der Waals surface area contributed by atoms with Gasteiger partial charge in [0, 0.05) is 0 Å². The van der Waals surface area contributed by atoms with Crippen molar-refractivity contribution in [1.29, 1.82) is 0 Å². The van der Waals surface area contributed by atoms with E-state index in [1.165, 1.54) is 16.7 Å². The van der Waals surface area contributed by atoms with Crippen molar-refractivity contribution < 1.29 is 0 Å². The fourth-order valence-electron chi connectivity index (χ4n) is 3.23. The lowest BCUT2D eigenvalue weighted by atomic mass is 9.80. The molecule has 0 aliphatic carbocycles. The Kier molecular flexibility index (Phi) is 5.63. The minimum Gasteiger partial charge on any atom is -0.0833 e. The van der Waals surface area contributed by atoms with Crippen LogP contribution in [0.1, 0.15) is 41.9 Å². The summed E-state index contributed by atoms with van der Waals surface area (Å²) in [6.07, 6.45) is 5.58. The van der Waals surface area contributed by atoms with Gasteiger partial charge in [-0.25, -0.2) is 0 Å². The minimum atomic E-state index is 0.480. The fraction of sp³-hybridized carbons (Fsp3) is 0.167. The van der Waals surface area contributed by atoms with Gasteiger partial charge in [-0.1, -0.05) is 110 Å². The molecular formula is C24H24. The molecule has 0 saturated heterocycles. The molecule has 0 aliphatic heterocycles. The second-order valence-corrected chi connectivity index (χ2v) is 6.27. The Morgan fingerprint density at radius 3 is 1.75 bits per heavy atom. The molecule has 3 aromatic carbocycles. The second-order valence-electron chi connectivity index (χ2n) is 6.27. The molecule has 0 fully saturated rings. The Morgan fingerprint density at radius 1 is 0.667 bits per heavy atom. The molecule has 0 N–H and O–H groups in total. The number of hydrogen-bond donors (Lipinski definition) is 0. The van der Waals surface area contributed by atoms with Gasteiger partial charge in [-0.2, -0.15) is 0 Å². The first-order chi connectivity index (χ1) is 11.8. The third-order valence-electron chi connectivity index (χ3n) is 4.66. The van der Waals surface area contributed by atoms with Crippen molar-refractivity contribution >= 4 is 6.08 Å². The lowest BCUT2D eigenvalue weighted by Gasteiger charge is -2.24. The van der Waals surface area contributed by atoms with Crippen LogP contribution in [0.4, 0.5) is 0 Å². The highest BCUT2D eigenvalue weighted by molar-refractivity contribution is 5.49. The fourth-order valence-corrected chi connectivity index (χ4v) is 3.23. The molecule has 0 heteroatoms. The van der Waals surface area contributed by atoms with E-state index >= 15 is 0 Å². The highest BCUT2D eigenvalue weighted by atomic mass is 14.2. The van der Waals surface area contributed by atoms with Crippen molar-refractivity contribution in [3.63, 3.8) is 0 Å². The lowest BCUT2D eigenvalue weighted by Crippen LogP contribution is -2.08. The molecule has 0 aromatic heterocycles. The Bertz CT molecular complexity index is 742. The number of hydrogen-bond acceptors (Lipinski definition) is 0. The van der Waals surface area contributed by atoms with Crippen LogP contribution in [0.2, 0.25) is 0 Å². The average Bonchev–Trinajstić information content (AvgIpc) is 2.67. The van der Waals surface area contributed by atoms with Gasteiger partial charge in [-0.3, -0.25) is 0 Å². The van der Waals surface area contributed by atoms with E-state index in [1.807, 2.05) is 0 Å². The van der Waals surface area contributed by atoms with Gasteiger partial charge in [0.1, 0.15) is 0 Å². The first-order valence-corrected chi connectivity index (χ1v) is 8.66. The Balaban J connectivity index is 1.82. The first kappa shape index (κ1) is 16.3. The normalized spacial score (nSPS) is 13.7. The van der Waals surface area contributed by atoms with E-state index in [0.29, 0.717) is 11.8 Å². The maximum Gasteiger partial charge on any atom is -0.00611 e. The molecular weight excluding hydrogens is 288 g/mol. The molecule has 2 unspecified atom stereocenters. The van der Waals surface area contributed by atoms with E-state index in [-0.39, 0.29) is 0 Å². The molecule has 0 bridgehead atoms. The summed E-state index contributed by atoms with van der Waals surface area (Å²) in [6.45, 7) is 2.34. The van der Waals surface area contributed by atoms with Crippen LogP contribution in [0, 0.1) is 0 Å². The van der Waals surface area contributed by atoms with Crippen LogP contribution < -0.4 is 0 Å². The highest BCUT2D eigenvalue weighted by Gasteiger charge is 2.19. The molecule has 120 valence electrons. The smallest absolute Gasteiger partial charge is 0.00611 e. The molecule has 3 aromatic rings. The lowest BCUT2D eigenvalue weighted by molar-refractivity contribution is 0.583. The van der Waals surface area contributed by atoms with E-state index < -0.39 is 0 Å². The molecule has 2 atom stereocenters. The van der Waals surface area contributed by atoms with Gasteiger partial charge < -0.3 is 0 Å². The average molecular weight is 312 g/mol. The Labute approximate surface area is 145 Å². The molecule has 3 rings (SSSR count). The molecule has 0 aliphatic rings. The molecule has 24 heavy (non-hydrogen) atoms. The van der Waals surface area contributed by atoms with Crippen LogP contribution in [0.25, 0.3) is 6.08 Å². The van der Waals surface area contributed by atoms with Gasteiger partial charge in [0.25, 0.3) is 0 Å². The van der Waals surface area contributed by atoms with Crippen LogP contribution in [-0.4, -0.2) is 0 Å². The van der Waals surface area contributed by atoms with Crippen LogP contribution in [0.5, 0.6) is 0 Å². The third kappa shape index (κ3) is 4.23. The van der Waals surface area contributed by atoms with Gasteiger partial charge in [-0.15, -0.1) is 0 Å². The summed E-state index contributed by atoms with van der Waals surface area (Å²) in [6, 6.07) is 32.2. The maximum absolute atomic E-state index is 2.34. The zero-order chi connectivity index (χ0) is 16.6. The van der Waals surface area contributed by atoms with Crippen LogP contribution in [0.3, 0.4) is 0 Å². The predicted molar refractivity (Wildman–Crippen MR) is 104 cm³/mol. The summed E-state index contributed by atoms with van der Waals surface area (Å²) >= 11 is 0. The monoisotopic (exact) mass is 312 g/mol. The molecule has 0 amide bonds. The van der Waals surface area contributed by atoms with E-state index in [1.54, 1.807) is 0 Å². The summed E-state index contributed by atoms with van der Waals surface area (Å²) in [5, 5.41) is 0. The van der Waals surface area contributed by atoms with Gasteiger partial charge in [0.05, 0.1) is 0 Å². The van der Waals surface area contributed by atoms with Crippen LogP contribution in [0.15, 0.2) is 97.1 Å². The molecule has 0 spiro atoms. The van der Waals surface area contributed by atoms with Gasteiger partial charge >= 0.3 is 0 Å². The largest absolute Gasteiger partial charge is 0.0833 e. The first-order valence-electron chi connectivity index (χ1n) is 8.66. The number of benzene rings is 3. The van der Waals surface area contributed by atoms with E-state index in [4.69, 9.17) is 0 Å². The third-order valence-corrected chi connectivity index (χ3v) is 4.66. The standard InChI is InChI=1S/C24H24/c1-20(22-15-7-3-8-16-22)24(23-17-9-4-10-18-23)19-11-14-21-12-5-2-6-13-21/h2-18,20,24H,19H2,1H3/b14-11+. The quantitative estimate of drug-likeness (QED) is 0.476. The summed E-state index contributed by atoms with van der Waals surface area (Å²) < 4.78 is 0. The predicted octanol–water partition coefficient (Wildman–Crippen LogP) is 6.68. The summed E-state index contributed by atoms with van der Waals surface area (Å²) in [7, 11) is 0. The van der Waals surface area contributed by atoms with Gasteiger partial charge in [0.15, 0.2) is 0 Å². The van der Waals surface area contributed by atoms with Crippen molar-refractivity contribution in [2.75, 3.05) is 0 Å². The minimum absolute atomic E-state index is 0.480. The number of allylic oxidation sites excluding steroid dienone is 1. The van der Waals surface area contributed by atoms with E-state index in [2.05, 4.69) is 110 Å². The van der Waals surface area contributed by atoms with Crippen molar-refractivity contribution in [3.8, 4) is 0 Å². The van der Waals surface area contributed by atoms with Crippen molar-refractivity contribution in [3.05, 3.63) is 114 Å². The molecule has 0 nitrogen and oxygen atoms in total. The van der Waals surface area contributed by atoms with Gasteiger partial charge in [-0.05, 0) is 34.9 Å². The van der Waals surface area contributed by atoms with Crippen LogP contribution in [-0.2, 0) is 0 Å². The van der Waals surface area contributed by atoms with Crippen molar-refractivity contribution in [2.45, 2.75) is 25.2 Å². The maximum atomic E-state index is 2.34. The zero-order valence-electron chi connectivity index (χ0n) is 14.2. The summed E-state index contributed by atoms with van der Waals surface area (Å²) in [5.74, 6) is 0.961. The molecule has 0 saturated carbocycles.